The van der Waals surface area contributed by atoms with E-state index in [1.165, 1.54) is 35.7 Å². The maximum Gasteiger partial charge on any atom is 0.331 e. The molecule has 0 aliphatic heterocycles. The Kier molecular flexibility index (Phi) is 6.79. The first kappa shape index (κ1) is 21.9. The topological polar surface area (TPSA) is 72.4 Å². The van der Waals surface area contributed by atoms with E-state index in [2.05, 4.69) is 9.97 Å². The highest BCUT2D eigenvalue weighted by Gasteiger charge is 2.22. The SMILES string of the molecule is CC(=O)N(c1nc(COC(=O)/C=C\c2csc(C)n2)cs1)c1c(C)cc(C)cc1C. The first-order valence-electron chi connectivity index (χ1n) is 9.34. The number of esters is 1. The zero-order valence-electron chi connectivity index (χ0n) is 17.6. The highest BCUT2D eigenvalue weighted by molar-refractivity contribution is 7.14. The fraction of sp³-hybridized carbons (Fsp3) is 0.273. The summed E-state index contributed by atoms with van der Waals surface area (Å²) in [4.78, 5) is 34.8. The zero-order chi connectivity index (χ0) is 21.8. The molecule has 156 valence electrons. The summed E-state index contributed by atoms with van der Waals surface area (Å²) in [5.41, 5.74) is 5.32. The molecule has 0 atom stereocenters. The molecule has 0 saturated heterocycles. The number of ether oxygens (including phenoxy) is 1. The van der Waals surface area contributed by atoms with Gasteiger partial charge in [-0.1, -0.05) is 17.7 Å². The summed E-state index contributed by atoms with van der Waals surface area (Å²) < 4.78 is 5.27. The normalized spacial score (nSPS) is 11.1. The van der Waals surface area contributed by atoms with Crippen molar-refractivity contribution in [1.29, 1.82) is 0 Å². The van der Waals surface area contributed by atoms with E-state index in [1.807, 2.05) is 45.2 Å². The molecule has 8 heteroatoms. The fourth-order valence-corrected chi connectivity index (χ4v) is 4.62. The number of carbonyl (C=O) groups excluding carboxylic acids is 2. The maximum atomic E-state index is 12.4. The molecule has 30 heavy (non-hydrogen) atoms. The second-order valence-electron chi connectivity index (χ2n) is 6.96. The number of carbonyl (C=O) groups is 2. The highest BCUT2D eigenvalue weighted by Crippen LogP contribution is 2.34. The minimum absolute atomic E-state index is 0.0351. The second-order valence-corrected chi connectivity index (χ2v) is 8.85. The number of rotatable bonds is 6. The summed E-state index contributed by atoms with van der Waals surface area (Å²) in [5, 5.41) is 5.16. The summed E-state index contributed by atoms with van der Waals surface area (Å²) in [6.45, 7) is 9.46. The largest absolute Gasteiger partial charge is 0.456 e. The number of aryl methyl sites for hydroxylation is 4. The van der Waals surface area contributed by atoms with E-state index in [1.54, 1.807) is 16.4 Å². The van der Waals surface area contributed by atoms with Crippen molar-refractivity contribution in [2.45, 2.75) is 41.2 Å². The van der Waals surface area contributed by atoms with Crippen LogP contribution in [0.15, 0.2) is 29.0 Å². The Hall–Kier alpha value is -2.84. The van der Waals surface area contributed by atoms with Gasteiger partial charge in [0.15, 0.2) is 5.13 Å². The Morgan fingerprint density at radius 2 is 1.77 bits per heavy atom. The zero-order valence-corrected chi connectivity index (χ0v) is 19.2. The molecule has 6 nitrogen and oxygen atoms in total. The van der Waals surface area contributed by atoms with Crippen LogP contribution in [-0.2, 0) is 20.9 Å². The van der Waals surface area contributed by atoms with Crippen LogP contribution < -0.4 is 4.90 Å². The highest BCUT2D eigenvalue weighted by atomic mass is 32.1. The summed E-state index contributed by atoms with van der Waals surface area (Å²) in [7, 11) is 0. The molecular formula is C22H23N3O3S2. The average Bonchev–Trinajstić information content (AvgIpc) is 3.29. The molecule has 0 aliphatic carbocycles. The van der Waals surface area contributed by atoms with Gasteiger partial charge in [0, 0.05) is 23.8 Å². The molecule has 3 rings (SSSR count). The van der Waals surface area contributed by atoms with Gasteiger partial charge < -0.3 is 4.74 Å². The van der Waals surface area contributed by atoms with E-state index >= 15 is 0 Å². The van der Waals surface area contributed by atoms with Crippen LogP contribution in [0, 0.1) is 27.7 Å². The van der Waals surface area contributed by atoms with Crippen LogP contribution in [0.25, 0.3) is 6.08 Å². The maximum absolute atomic E-state index is 12.4. The van der Waals surface area contributed by atoms with Crippen molar-refractivity contribution in [2.24, 2.45) is 0 Å². The third kappa shape index (κ3) is 5.20. The molecule has 0 fully saturated rings. The predicted octanol–water partition coefficient (Wildman–Crippen LogP) is 5.27. The lowest BCUT2D eigenvalue weighted by atomic mass is 10.0. The number of anilines is 2. The monoisotopic (exact) mass is 441 g/mol. The van der Waals surface area contributed by atoms with Crippen LogP contribution >= 0.6 is 22.7 Å². The first-order valence-corrected chi connectivity index (χ1v) is 11.1. The van der Waals surface area contributed by atoms with Gasteiger partial charge in [0.1, 0.15) is 6.61 Å². The van der Waals surface area contributed by atoms with Gasteiger partial charge in [0.05, 0.1) is 22.1 Å². The van der Waals surface area contributed by atoms with Crippen LogP contribution in [0.5, 0.6) is 0 Å². The number of thiazole rings is 2. The van der Waals surface area contributed by atoms with E-state index < -0.39 is 5.97 Å². The molecule has 0 saturated carbocycles. The summed E-state index contributed by atoms with van der Waals surface area (Å²) >= 11 is 2.86. The first-order chi connectivity index (χ1) is 14.2. The minimum atomic E-state index is -0.469. The molecule has 3 aromatic rings. The van der Waals surface area contributed by atoms with Gasteiger partial charge in [-0.3, -0.25) is 9.69 Å². The van der Waals surface area contributed by atoms with Crippen LogP contribution in [-0.4, -0.2) is 21.8 Å². The summed E-state index contributed by atoms with van der Waals surface area (Å²) in [6.07, 6.45) is 2.97. The molecule has 0 bridgehead atoms. The van der Waals surface area contributed by atoms with Gasteiger partial charge >= 0.3 is 5.97 Å². The number of hydrogen-bond donors (Lipinski definition) is 0. The number of amides is 1. The van der Waals surface area contributed by atoms with Crippen LogP contribution in [0.1, 0.15) is 40.0 Å². The van der Waals surface area contributed by atoms with Crippen molar-refractivity contribution < 1.29 is 14.3 Å². The number of nitrogens with zero attached hydrogens (tertiary/aromatic N) is 3. The molecule has 2 heterocycles. The van der Waals surface area contributed by atoms with E-state index in [9.17, 15) is 9.59 Å². The van der Waals surface area contributed by atoms with E-state index in [0.29, 0.717) is 10.8 Å². The summed E-state index contributed by atoms with van der Waals surface area (Å²) in [6, 6.07) is 4.09. The quantitative estimate of drug-likeness (QED) is 0.385. The lowest BCUT2D eigenvalue weighted by Gasteiger charge is -2.23. The van der Waals surface area contributed by atoms with E-state index in [0.717, 1.165) is 33.1 Å². The smallest absolute Gasteiger partial charge is 0.331 e. The third-order valence-electron chi connectivity index (χ3n) is 4.29. The van der Waals surface area contributed by atoms with Crippen molar-refractivity contribution in [2.75, 3.05) is 4.90 Å². The van der Waals surface area contributed by atoms with Crippen LogP contribution in [0.2, 0.25) is 0 Å². The Balaban J connectivity index is 1.72. The Morgan fingerprint density at radius 1 is 1.07 bits per heavy atom. The summed E-state index contributed by atoms with van der Waals surface area (Å²) in [5.74, 6) is -0.590. The molecule has 0 unspecified atom stereocenters. The van der Waals surface area contributed by atoms with Crippen molar-refractivity contribution in [3.05, 3.63) is 62.1 Å². The molecule has 0 spiro atoms. The van der Waals surface area contributed by atoms with E-state index in [4.69, 9.17) is 4.74 Å². The van der Waals surface area contributed by atoms with Crippen molar-refractivity contribution in [1.82, 2.24) is 9.97 Å². The Bertz CT molecular complexity index is 1090. The van der Waals surface area contributed by atoms with Gasteiger partial charge in [-0.25, -0.2) is 14.8 Å². The van der Waals surface area contributed by atoms with Crippen molar-refractivity contribution in [3.8, 4) is 0 Å². The van der Waals surface area contributed by atoms with Gasteiger partial charge in [0.25, 0.3) is 0 Å². The van der Waals surface area contributed by atoms with Gasteiger partial charge in [-0.2, -0.15) is 0 Å². The second kappa shape index (κ2) is 9.32. The number of benzene rings is 1. The Morgan fingerprint density at radius 3 is 2.37 bits per heavy atom. The molecule has 1 aromatic carbocycles. The third-order valence-corrected chi connectivity index (χ3v) is 5.96. The van der Waals surface area contributed by atoms with Crippen LogP contribution in [0.4, 0.5) is 10.8 Å². The fourth-order valence-electron chi connectivity index (χ4n) is 3.18. The molecule has 1 amide bonds. The number of aromatic nitrogens is 2. The molecule has 0 aliphatic rings. The minimum Gasteiger partial charge on any atom is -0.456 e. The van der Waals surface area contributed by atoms with Crippen LogP contribution in [0.3, 0.4) is 0 Å². The van der Waals surface area contributed by atoms with Gasteiger partial charge in [0.2, 0.25) is 5.91 Å². The molecular weight excluding hydrogens is 418 g/mol. The molecule has 0 radical (unpaired) electrons. The number of hydrogen-bond acceptors (Lipinski definition) is 7. The lowest BCUT2D eigenvalue weighted by molar-refractivity contribution is -0.139. The van der Waals surface area contributed by atoms with E-state index in [-0.39, 0.29) is 12.5 Å². The predicted molar refractivity (Wildman–Crippen MR) is 121 cm³/mol. The van der Waals surface area contributed by atoms with Gasteiger partial charge in [-0.05, 0) is 44.9 Å². The Labute approximate surface area is 183 Å². The standard InChI is InChI=1S/C22H23N3O3S2/c1-13-8-14(2)21(15(3)9-13)25(17(5)26)22-24-19(12-30-22)10-28-20(27)7-6-18-11-29-16(4)23-18/h6-9,11-12H,10H2,1-5H3/b7-6-. The molecule has 0 N–H and O–H groups in total. The van der Waals surface area contributed by atoms with Gasteiger partial charge in [-0.15, -0.1) is 22.7 Å². The van der Waals surface area contributed by atoms with Crippen molar-refractivity contribution >= 4 is 51.4 Å². The van der Waals surface area contributed by atoms with Crippen molar-refractivity contribution in [3.63, 3.8) is 0 Å². The average molecular weight is 442 g/mol. The lowest BCUT2D eigenvalue weighted by Crippen LogP contribution is -2.24. The molecule has 2 aromatic heterocycles.